The van der Waals surface area contributed by atoms with E-state index in [1.165, 1.54) is 12.1 Å². The van der Waals surface area contributed by atoms with E-state index >= 15 is 0 Å². The maximum atomic E-state index is 13.9. The van der Waals surface area contributed by atoms with Crippen molar-refractivity contribution in [2.45, 2.75) is 31.3 Å². The van der Waals surface area contributed by atoms with E-state index in [0.29, 0.717) is 34.8 Å². The van der Waals surface area contributed by atoms with Crippen LogP contribution in [0.2, 0.25) is 10.0 Å². The number of imide groups is 1. The largest absolute Gasteiger partial charge is 0.324 e. The number of nitrogens with one attached hydrogen (secondary N) is 1. The van der Waals surface area contributed by atoms with E-state index in [1.807, 2.05) is 4.90 Å². The summed E-state index contributed by atoms with van der Waals surface area (Å²) >= 11 is 12.2. The van der Waals surface area contributed by atoms with Gasteiger partial charge in [0.05, 0.1) is 28.1 Å². The van der Waals surface area contributed by atoms with Crippen LogP contribution in [0.15, 0.2) is 30.3 Å². The summed E-state index contributed by atoms with van der Waals surface area (Å²) in [5, 5.41) is 14.7. The van der Waals surface area contributed by atoms with Gasteiger partial charge in [-0.05, 0) is 50.1 Å². The van der Waals surface area contributed by atoms with Crippen LogP contribution in [0.3, 0.4) is 0 Å². The Morgan fingerprint density at radius 3 is 2.59 bits per heavy atom. The summed E-state index contributed by atoms with van der Waals surface area (Å²) in [6.45, 7) is 2.38. The lowest BCUT2D eigenvalue weighted by Gasteiger charge is -2.36. The van der Waals surface area contributed by atoms with Gasteiger partial charge in [-0.1, -0.05) is 29.3 Å². The molecule has 6 rings (SSSR count). The normalized spacial score (nSPS) is 29.6. The van der Waals surface area contributed by atoms with E-state index in [-0.39, 0.29) is 22.7 Å². The molecule has 174 valence electrons. The number of hydrogen-bond donors (Lipinski definition) is 1. The Bertz CT molecular complexity index is 1350. The number of rotatable bonds is 2. The molecule has 2 aromatic carbocycles. The zero-order valence-electron chi connectivity index (χ0n) is 17.9. The molecule has 1 N–H and O–H groups in total. The van der Waals surface area contributed by atoms with E-state index in [2.05, 4.69) is 5.32 Å². The third-order valence-electron chi connectivity index (χ3n) is 7.75. The summed E-state index contributed by atoms with van der Waals surface area (Å²) in [5.74, 6) is -3.04. The Labute approximate surface area is 203 Å². The van der Waals surface area contributed by atoms with Crippen molar-refractivity contribution in [3.8, 4) is 0 Å². The molecule has 3 saturated heterocycles. The highest BCUT2D eigenvalue weighted by Crippen LogP contribution is 2.61. The van der Waals surface area contributed by atoms with Crippen molar-refractivity contribution in [3.05, 3.63) is 61.6 Å². The maximum absolute atomic E-state index is 13.9. The fourth-order valence-electron chi connectivity index (χ4n) is 6.43. The number of amides is 3. The quantitative estimate of drug-likeness (QED) is 0.382. The van der Waals surface area contributed by atoms with Crippen LogP contribution in [0, 0.1) is 28.9 Å². The number of nitro benzene ring substituents is 1. The molecule has 0 aliphatic carbocycles. The molecule has 0 aromatic heterocycles. The first-order valence-corrected chi connectivity index (χ1v) is 11.6. The first-order valence-electron chi connectivity index (χ1n) is 10.9. The maximum Gasteiger partial charge on any atom is 0.289 e. The smallest absolute Gasteiger partial charge is 0.289 e. The van der Waals surface area contributed by atoms with Crippen LogP contribution in [0.4, 0.5) is 17.1 Å². The summed E-state index contributed by atoms with van der Waals surface area (Å²) in [5.41, 5.74) is 0.254. The monoisotopic (exact) mass is 500 g/mol. The van der Waals surface area contributed by atoms with Gasteiger partial charge in [-0.15, -0.1) is 0 Å². The molecule has 0 bridgehead atoms. The van der Waals surface area contributed by atoms with Gasteiger partial charge in [0.1, 0.15) is 10.6 Å². The molecule has 0 saturated carbocycles. The second kappa shape index (κ2) is 7.00. The average molecular weight is 501 g/mol. The highest BCUT2D eigenvalue weighted by atomic mass is 35.5. The minimum atomic E-state index is -1.34. The fraction of sp³-hybridized carbons (Fsp3) is 0.348. The number of anilines is 2. The van der Waals surface area contributed by atoms with Crippen molar-refractivity contribution in [1.29, 1.82) is 0 Å². The van der Waals surface area contributed by atoms with Gasteiger partial charge in [0.2, 0.25) is 17.7 Å². The first kappa shape index (κ1) is 21.5. The lowest BCUT2D eigenvalue weighted by molar-refractivity contribution is -0.384. The number of fused-ring (bicyclic) bond motifs is 7. The average Bonchev–Trinajstić information content (AvgIpc) is 3.50. The molecule has 4 aliphatic rings. The van der Waals surface area contributed by atoms with Crippen molar-refractivity contribution < 1.29 is 19.3 Å². The molecule has 0 radical (unpaired) electrons. The summed E-state index contributed by atoms with van der Waals surface area (Å²) in [6.07, 6.45) is 1.46. The van der Waals surface area contributed by atoms with Crippen molar-refractivity contribution in [1.82, 2.24) is 4.90 Å². The molecular formula is C23H18Cl2N4O5. The highest BCUT2D eigenvalue weighted by Gasteiger charge is 2.74. The topological polar surface area (TPSA) is 113 Å². The number of nitro groups is 1. The lowest BCUT2D eigenvalue weighted by atomic mass is 9.75. The van der Waals surface area contributed by atoms with E-state index < -0.39 is 39.8 Å². The Balaban J connectivity index is 1.54. The first-order chi connectivity index (χ1) is 16.2. The second-order valence-electron chi connectivity index (χ2n) is 9.13. The number of halogens is 2. The zero-order valence-corrected chi connectivity index (χ0v) is 19.4. The van der Waals surface area contributed by atoms with Gasteiger partial charge in [-0.2, -0.15) is 0 Å². The van der Waals surface area contributed by atoms with Crippen LogP contribution >= 0.6 is 23.2 Å². The van der Waals surface area contributed by atoms with Gasteiger partial charge < -0.3 is 5.32 Å². The summed E-state index contributed by atoms with van der Waals surface area (Å²) in [7, 11) is 0. The minimum absolute atomic E-state index is 0.0751. The molecule has 2 aromatic rings. The van der Waals surface area contributed by atoms with Gasteiger partial charge in [-0.25, -0.2) is 4.90 Å². The van der Waals surface area contributed by atoms with E-state index in [1.54, 1.807) is 19.1 Å². The number of nitrogens with zero attached hydrogens (tertiary/aromatic N) is 3. The predicted molar refractivity (Wildman–Crippen MR) is 124 cm³/mol. The van der Waals surface area contributed by atoms with Crippen molar-refractivity contribution in [2.75, 3.05) is 16.8 Å². The summed E-state index contributed by atoms with van der Waals surface area (Å²) in [4.78, 5) is 55.1. The Morgan fingerprint density at radius 2 is 1.85 bits per heavy atom. The second-order valence-corrected chi connectivity index (χ2v) is 9.94. The van der Waals surface area contributed by atoms with E-state index in [4.69, 9.17) is 23.2 Å². The molecule has 4 atom stereocenters. The Kier molecular flexibility index (Phi) is 4.43. The fourth-order valence-corrected chi connectivity index (χ4v) is 6.77. The highest BCUT2D eigenvalue weighted by molar-refractivity contribution is 6.33. The van der Waals surface area contributed by atoms with Gasteiger partial charge in [0.25, 0.3) is 5.69 Å². The molecule has 34 heavy (non-hydrogen) atoms. The van der Waals surface area contributed by atoms with Crippen LogP contribution in [0.5, 0.6) is 0 Å². The molecule has 4 heterocycles. The van der Waals surface area contributed by atoms with Gasteiger partial charge in [-0.3, -0.25) is 29.4 Å². The third kappa shape index (κ3) is 2.41. The molecular weight excluding hydrogens is 483 g/mol. The van der Waals surface area contributed by atoms with Crippen LogP contribution in [0.25, 0.3) is 0 Å². The molecule has 3 fully saturated rings. The van der Waals surface area contributed by atoms with Crippen LogP contribution in [-0.4, -0.2) is 40.1 Å². The summed E-state index contributed by atoms with van der Waals surface area (Å²) < 4.78 is 0. The zero-order chi connectivity index (χ0) is 24.1. The molecule has 11 heteroatoms. The van der Waals surface area contributed by atoms with Crippen molar-refractivity contribution in [2.24, 2.45) is 11.8 Å². The van der Waals surface area contributed by atoms with Crippen molar-refractivity contribution in [3.63, 3.8) is 0 Å². The van der Waals surface area contributed by atoms with Gasteiger partial charge in [0.15, 0.2) is 0 Å². The van der Waals surface area contributed by atoms with Gasteiger partial charge in [0, 0.05) is 22.7 Å². The molecule has 1 spiro atoms. The standard InChI is InChI=1S/C23H18Cl2N4O5/c1-10-13(24)7-5-12-19(10)26-22(32)23(12)18-17(15-3-2-8-27(15)23)20(30)28(21(18)31)11-4-6-14(25)16(9-11)29(33)34/h4-7,9,15,17-18H,2-3,8H2,1H3,(H,26,32)/t15-,17-,18+,23+/m1/s1. The minimum Gasteiger partial charge on any atom is -0.324 e. The predicted octanol–water partition coefficient (Wildman–Crippen LogP) is 3.64. The number of benzene rings is 2. The van der Waals surface area contributed by atoms with Crippen molar-refractivity contribution >= 4 is 58.0 Å². The third-order valence-corrected chi connectivity index (χ3v) is 8.48. The number of carbonyl (C=O) groups is 3. The number of carbonyl (C=O) groups excluding carboxylic acids is 3. The molecule has 3 amide bonds. The SMILES string of the molecule is Cc1c(Cl)ccc2c1NC(=O)[C@@]21[C@@H]2C(=O)N(c3ccc(Cl)c([N+](=O)[O-])c3)C(=O)[C@@H]2[C@H]2CCCN21. The van der Waals surface area contributed by atoms with Crippen LogP contribution < -0.4 is 10.2 Å². The van der Waals surface area contributed by atoms with Gasteiger partial charge >= 0.3 is 0 Å². The van der Waals surface area contributed by atoms with Crippen LogP contribution in [-0.2, 0) is 19.9 Å². The Morgan fingerprint density at radius 1 is 1.12 bits per heavy atom. The molecule has 0 unspecified atom stereocenters. The Hall–Kier alpha value is -3.01. The van der Waals surface area contributed by atoms with E-state index in [0.717, 1.165) is 17.4 Å². The van der Waals surface area contributed by atoms with E-state index in [9.17, 15) is 24.5 Å². The lowest BCUT2D eigenvalue weighted by Crippen LogP contribution is -2.54. The molecule has 4 aliphatic heterocycles. The molecule has 9 nitrogen and oxygen atoms in total. The summed E-state index contributed by atoms with van der Waals surface area (Å²) in [6, 6.07) is 7.01. The number of hydrogen-bond acceptors (Lipinski definition) is 6. The van der Waals surface area contributed by atoms with Crippen LogP contribution in [0.1, 0.15) is 24.0 Å².